The van der Waals surface area contributed by atoms with Gasteiger partial charge in [-0.25, -0.2) is 0 Å². The maximum Gasteiger partial charge on any atom is 0.244 e. The van der Waals surface area contributed by atoms with E-state index in [1.807, 2.05) is 62.4 Å². The number of fused-ring (bicyclic) bond motifs is 2. The van der Waals surface area contributed by atoms with E-state index in [1.54, 1.807) is 0 Å². The number of H-pyrrole nitrogens is 1. The van der Waals surface area contributed by atoms with Gasteiger partial charge in [-0.2, -0.15) is 19.6 Å². The number of amides is 4. The summed E-state index contributed by atoms with van der Waals surface area (Å²) in [5.74, 6) is 0.0544. The zero-order chi connectivity index (χ0) is 30.1. The quantitative estimate of drug-likeness (QED) is 0.152. The molecular formula is C25H29ClN10O4S2. The van der Waals surface area contributed by atoms with Gasteiger partial charge in [0, 0.05) is 23.3 Å². The van der Waals surface area contributed by atoms with Crippen LogP contribution in [0.3, 0.4) is 0 Å². The molecule has 4 heterocycles. The van der Waals surface area contributed by atoms with Crippen LogP contribution in [-0.2, 0) is 19.2 Å². The molecule has 1 unspecified atom stereocenters. The van der Waals surface area contributed by atoms with E-state index in [4.69, 9.17) is 11.8 Å². The molecule has 2 saturated heterocycles. The molecule has 14 nitrogen and oxygen atoms in total. The zero-order valence-corrected chi connectivity index (χ0v) is 25.0. The van der Waals surface area contributed by atoms with Gasteiger partial charge < -0.3 is 21.3 Å². The standard InChI is InChI=1S/C13H20N4O4S2.C6H4ClN3.C6H5N3/c1-6(2)10-13(21)16-8(12(20)17-10)5-23-22-4-7-11(19)14-3-9(18)15-7;7-10-6-4-2-1-3-5(6)8-9-10;1-2-4-6-5(3-1)7-9-8-6/h6-8,10H,3-5H2,1-2H3,(H,14,19)(H,15,18)(H,16,21)(H,17,20);1-4H;1-4H,(H,7,8,9)/t7-,8-,10?;;/m0../s1. The summed E-state index contributed by atoms with van der Waals surface area (Å²) in [6.45, 7) is 3.76. The molecule has 2 aromatic carbocycles. The van der Waals surface area contributed by atoms with Crippen LogP contribution in [0.25, 0.3) is 22.1 Å². The van der Waals surface area contributed by atoms with Crippen molar-refractivity contribution in [3.63, 3.8) is 0 Å². The molecule has 0 aliphatic carbocycles. The molecule has 3 atom stereocenters. The van der Waals surface area contributed by atoms with Crippen molar-refractivity contribution in [3.8, 4) is 0 Å². The molecule has 2 aliphatic rings. The summed E-state index contributed by atoms with van der Waals surface area (Å²) in [5.41, 5.74) is 3.48. The molecule has 6 rings (SSSR count). The average Bonchev–Trinajstić information content (AvgIpc) is 3.62. The highest BCUT2D eigenvalue weighted by Gasteiger charge is 2.35. The minimum atomic E-state index is -0.579. The van der Waals surface area contributed by atoms with Gasteiger partial charge in [-0.1, -0.05) is 59.7 Å². The summed E-state index contributed by atoms with van der Waals surface area (Å²) >= 11 is 5.62. The number of rotatable bonds is 6. The first kappa shape index (κ1) is 31.1. The number of hydrogen-bond acceptors (Lipinski definition) is 10. The van der Waals surface area contributed by atoms with E-state index in [2.05, 4.69) is 47.0 Å². The smallest absolute Gasteiger partial charge is 0.244 e. The largest absolute Gasteiger partial charge is 0.345 e. The van der Waals surface area contributed by atoms with Gasteiger partial charge in [0.25, 0.3) is 0 Å². The van der Waals surface area contributed by atoms with Crippen LogP contribution in [-0.4, -0.2) is 89.7 Å². The van der Waals surface area contributed by atoms with E-state index in [0.29, 0.717) is 11.5 Å². The van der Waals surface area contributed by atoms with E-state index in [1.165, 1.54) is 25.8 Å². The van der Waals surface area contributed by atoms with Gasteiger partial charge in [-0.15, -0.1) is 5.10 Å². The van der Waals surface area contributed by atoms with Crippen molar-refractivity contribution in [3.05, 3.63) is 48.5 Å². The van der Waals surface area contributed by atoms with Gasteiger partial charge in [-0.05, 0) is 35.4 Å². The second-order valence-corrected chi connectivity index (χ2v) is 12.3. The number of piperazine rings is 2. The summed E-state index contributed by atoms with van der Waals surface area (Å²) in [6.07, 6.45) is 0. The van der Waals surface area contributed by atoms with E-state index in [-0.39, 0.29) is 36.1 Å². The fourth-order valence-electron chi connectivity index (χ4n) is 3.81. The predicted octanol–water partition coefficient (Wildman–Crippen LogP) is 1.01. The Bertz CT molecular complexity index is 1520. The van der Waals surface area contributed by atoms with Gasteiger partial charge in [0.2, 0.25) is 23.6 Å². The SMILES string of the molecule is CC(C)C1NC(=O)[C@H](CSSC[C@@H]2NC(=O)CNC2=O)NC1=O.Cln1nnc2ccccc21.c1ccc2n[nH]nc2c1. The number of carbonyl (C=O) groups excluding carboxylic acids is 4. The third-order valence-corrected chi connectivity index (χ3v) is 8.71. The average molecular weight is 633 g/mol. The third kappa shape index (κ3) is 8.33. The minimum absolute atomic E-state index is 0.0123. The molecule has 0 saturated carbocycles. The normalized spacial score (nSPS) is 20.0. The summed E-state index contributed by atoms with van der Waals surface area (Å²) in [4.78, 5) is 46.7. The summed E-state index contributed by atoms with van der Waals surface area (Å²) in [6, 6.07) is 13.6. The van der Waals surface area contributed by atoms with Gasteiger partial charge in [0.1, 0.15) is 40.2 Å². The molecule has 4 aromatic rings. The second kappa shape index (κ2) is 14.8. The second-order valence-electron chi connectivity index (χ2n) is 9.45. The molecule has 0 bridgehead atoms. The van der Waals surface area contributed by atoms with Crippen LogP contribution in [0.1, 0.15) is 13.8 Å². The maximum absolute atomic E-state index is 12.0. The first-order valence-electron chi connectivity index (χ1n) is 12.9. The van der Waals surface area contributed by atoms with Crippen molar-refractivity contribution in [1.29, 1.82) is 0 Å². The fourth-order valence-corrected chi connectivity index (χ4v) is 6.32. The number of aromatic nitrogens is 6. The van der Waals surface area contributed by atoms with E-state index in [0.717, 1.165) is 22.1 Å². The third-order valence-electron chi connectivity index (χ3n) is 6.04. The summed E-state index contributed by atoms with van der Waals surface area (Å²) < 4.78 is 1.23. The lowest BCUT2D eigenvalue weighted by molar-refractivity contribution is -0.137. The maximum atomic E-state index is 12.0. The molecule has 4 amide bonds. The highest BCUT2D eigenvalue weighted by Crippen LogP contribution is 2.24. The first-order chi connectivity index (χ1) is 20.2. The molecule has 2 fully saturated rings. The number of nitrogens with one attached hydrogen (secondary N) is 5. The van der Waals surface area contributed by atoms with Crippen molar-refractivity contribution in [2.45, 2.75) is 32.0 Å². The Balaban J connectivity index is 0.000000172. The topological polar surface area (TPSA) is 189 Å². The molecule has 0 radical (unpaired) electrons. The molecule has 17 heteroatoms. The molecule has 0 spiro atoms. The van der Waals surface area contributed by atoms with E-state index < -0.39 is 18.1 Å². The van der Waals surface area contributed by atoms with Crippen LogP contribution in [0.5, 0.6) is 0 Å². The monoisotopic (exact) mass is 632 g/mol. The predicted molar refractivity (Wildman–Crippen MR) is 161 cm³/mol. The Morgan fingerprint density at radius 3 is 2.05 bits per heavy atom. The van der Waals surface area contributed by atoms with Gasteiger partial charge >= 0.3 is 0 Å². The highest BCUT2D eigenvalue weighted by molar-refractivity contribution is 8.76. The highest BCUT2D eigenvalue weighted by atomic mass is 35.5. The number of hydrogen-bond donors (Lipinski definition) is 5. The van der Waals surface area contributed by atoms with Crippen LogP contribution in [0.15, 0.2) is 48.5 Å². The van der Waals surface area contributed by atoms with Gasteiger partial charge in [-0.3, -0.25) is 19.2 Å². The Labute approximate surface area is 253 Å². The van der Waals surface area contributed by atoms with Crippen LogP contribution < -0.4 is 21.3 Å². The first-order valence-corrected chi connectivity index (χ1v) is 15.7. The molecule has 42 heavy (non-hydrogen) atoms. The van der Waals surface area contributed by atoms with Crippen molar-refractivity contribution < 1.29 is 19.2 Å². The van der Waals surface area contributed by atoms with E-state index in [9.17, 15) is 19.2 Å². The Kier molecular flexibility index (Phi) is 11.0. The van der Waals surface area contributed by atoms with Crippen molar-refractivity contribution in [2.24, 2.45) is 5.92 Å². The lowest BCUT2D eigenvalue weighted by Crippen LogP contribution is -2.63. The number of aromatic amines is 1. The number of halogens is 1. The number of para-hydroxylation sites is 3. The minimum Gasteiger partial charge on any atom is -0.345 e. The molecule has 5 N–H and O–H groups in total. The number of benzene rings is 2. The van der Waals surface area contributed by atoms with Crippen molar-refractivity contribution in [2.75, 3.05) is 18.1 Å². The van der Waals surface area contributed by atoms with Crippen LogP contribution in [0, 0.1) is 5.92 Å². The number of nitrogens with zero attached hydrogens (tertiary/aromatic N) is 5. The lowest BCUT2D eigenvalue weighted by Gasteiger charge is -2.31. The fraction of sp³-hybridized carbons (Fsp3) is 0.360. The summed E-state index contributed by atoms with van der Waals surface area (Å²) in [5, 5.41) is 28.3. The Hall–Kier alpha value is -3.89. The Morgan fingerprint density at radius 2 is 1.43 bits per heavy atom. The van der Waals surface area contributed by atoms with Crippen molar-refractivity contribution >= 4 is 79.1 Å². The molecule has 222 valence electrons. The summed E-state index contributed by atoms with van der Waals surface area (Å²) in [7, 11) is 2.76. The molecular weight excluding hydrogens is 604 g/mol. The van der Waals surface area contributed by atoms with Gasteiger partial charge in [0.05, 0.1) is 6.54 Å². The van der Waals surface area contributed by atoms with Crippen LogP contribution in [0.4, 0.5) is 0 Å². The molecule has 2 aliphatic heterocycles. The lowest BCUT2D eigenvalue weighted by atomic mass is 10.0. The van der Waals surface area contributed by atoms with Gasteiger partial charge in [0.15, 0.2) is 0 Å². The number of carbonyl (C=O) groups is 4. The van der Waals surface area contributed by atoms with Crippen LogP contribution >= 0.6 is 33.4 Å². The van der Waals surface area contributed by atoms with E-state index >= 15 is 0 Å². The van der Waals surface area contributed by atoms with Crippen molar-refractivity contribution in [1.82, 2.24) is 51.2 Å². The zero-order valence-electron chi connectivity index (χ0n) is 22.6. The Morgan fingerprint density at radius 1 is 0.833 bits per heavy atom. The molecule has 2 aromatic heterocycles. The van der Waals surface area contributed by atoms with Crippen LogP contribution in [0.2, 0.25) is 0 Å².